The fourth-order valence-corrected chi connectivity index (χ4v) is 2.50. The molecule has 3 nitrogen and oxygen atoms in total. The van der Waals surface area contributed by atoms with E-state index < -0.39 is 0 Å². The van der Waals surface area contributed by atoms with Crippen LogP contribution in [0.2, 0.25) is 5.02 Å². The van der Waals surface area contributed by atoms with Crippen LogP contribution in [-0.4, -0.2) is 26.3 Å². The summed E-state index contributed by atoms with van der Waals surface area (Å²) in [5, 5.41) is 4.24. The Hall–Kier alpha value is -0.930. The largest absolute Gasteiger partial charge is 0.486 e. The molecule has 20 heavy (non-hydrogen) atoms. The molecule has 1 aliphatic heterocycles. The second-order valence-electron chi connectivity index (χ2n) is 5.64. The number of nitrogens with one attached hydrogen (secondary N) is 1. The van der Waals surface area contributed by atoms with E-state index in [4.69, 9.17) is 21.1 Å². The molecule has 0 fully saturated rings. The molecule has 0 aliphatic carbocycles. The smallest absolute Gasteiger partial charge is 0.162 e. The molecule has 0 aromatic heterocycles. The molecule has 0 atom stereocenters. The van der Waals surface area contributed by atoms with Crippen LogP contribution in [0.15, 0.2) is 12.1 Å². The lowest BCUT2D eigenvalue weighted by Crippen LogP contribution is -2.20. The average Bonchev–Trinajstić information content (AvgIpc) is 2.42. The molecule has 1 aromatic carbocycles. The summed E-state index contributed by atoms with van der Waals surface area (Å²) in [4.78, 5) is 0. The van der Waals surface area contributed by atoms with E-state index in [1.165, 1.54) is 0 Å². The van der Waals surface area contributed by atoms with Gasteiger partial charge in [-0.15, -0.1) is 0 Å². The maximum absolute atomic E-state index is 6.29. The van der Waals surface area contributed by atoms with Crippen LogP contribution in [0.25, 0.3) is 0 Å². The van der Waals surface area contributed by atoms with Crippen molar-refractivity contribution in [3.63, 3.8) is 0 Å². The van der Waals surface area contributed by atoms with Gasteiger partial charge in [-0.25, -0.2) is 0 Å². The van der Waals surface area contributed by atoms with Crippen LogP contribution < -0.4 is 14.8 Å². The molecule has 2 rings (SSSR count). The van der Waals surface area contributed by atoms with Crippen molar-refractivity contribution in [3.8, 4) is 11.5 Å². The average molecular weight is 298 g/mol. The molecule has 1 aliphatic rings. The Morgan fingerprint density at radius 1 is 1.15 bits per heavy atom. The summed E-state index contributed by atoms with van der Waals surface area (Å²) in [7, 11) is 0. The van der Waals surface area contributed by atoms with E-state index in [2.05, 4.69) is 19.2 Å². The van der Waals surface area contributed by atoms with Crippen LogP contribution in [-0.2, 0) is 6.42 Å². The van der Waals surface area contributed by atoms with Crippen molar-refractivity contribution in [1.29, 1.82) is 0 Å². The van der Waals surface area contributed by atoms with E-state index in [9.17, 15) is 0 Å². The quantitative estimate of drug-likeness (QED) is 0.779. The monoisotopic (exact) mass is 297 g/mol. The Kier molecular flexibility index (Phi) is 5.99. The fraction of sp³-hybridized carbons (Fsp3) is 0.625. The van der Waals surface area contributed by atoms with E-state index in [1.807, 2.05) is 12.1 Å². The Balaban J connectivity index is 1.78. The molecule has 1 heterocycles. The minimum absolute atomic E-state index is 0.601. The summed E-state index contributed by atoms with van der Waals surface area (Å²) in [5.41, 5.74) is 1.15. The van der Waals surface area contributed by atoms with Crippen LogP contribution in [0.4, 0.5) is 0 Å². The first-order valence-electron chi connectivity index (χ1n) is 7.45. The van der Waals surface area contributed by atoms with Gasteiger partial charge in [-0.1, -0.05) is 25.4 Å². The maximum Gasteiger partial charge on any atom is 0.162 e. The van der Waals surface area contributed by atoms with Crippen molar-refractivity contribution in [2.24, 2.45) is 5.92 Å². The van der Waals surface area contributed by atoms with Crippen LogP contribution in [0.3, 0.4) is 0 Å². The molecule has 0 bridgehead atoms. The predicted molar refractivity (Wildman–Crippen MR) is 83.1 cm³/mol. The minimum atomic E-state index is 0.601. The van der Waals surface area contributed by atoms with Gasteiger partial charge in [-0.05, 0) is 49.9 Å². The van der Waals surface area contributed by atoms with Crippen molar-refractivity contribution in [2.45, 2.75) is 33.1 Å². The number of aryl methyl sites for hydroxylation is 1. The summed E-state index contributed by atoms with van der Waals surface area (Å²) in [6.07, 6.45) is 3.28. The maximum atomic E-state index is 6.29. The Morgan fingerprint density at radius 2 is 1.85 bits per heavy atom. The van der Waals surface area contributed by atoms with Gasteiger partial charge in [0.15, 0.2) is 11.5 Å². The molecule has 1 aromatic rings. The van der Waals surface area contributed by atoms with Crippen LogP contribution in [0, 0.1) is 5.92 Å². The highest BCUT2D eigenvalue weighted by Crippen LogP contribution is 2.35. The second-order valence-corrected chi connectivity index (χ2v) is 6.05. The fourth-order valence-electron chi connectivity index (χ4n) is 2.25. The van der Waals surface area contributed by atoms with Crippen LogP contribution in [0.5, 0.6) is 11.5 Å². The molecule has 0 radical (unpaired) electrons. The molecule has 0 unspecified atom stereocenters. The van der Waals surface area contributed by atoms with E-state index in [0.29, 0.717) is 19.1 Å². The standard InChI is InChI=1S/C16H24ClNO2/c1-12(2)11-18-6-4-3-5-13-9-15-16(10-14(13)17)20-8-7-19-15/h9-10,12,18H,3-8,11H2,1-2H3. The summed E-state index contributed by atoms with van der Waals surface area (Å²) in [5.74, 6) is 2.31. The number of rotatable bonds is 7. The van der Waals surface area contributed by atoms with Gasteiger partial charge in [0.2, 0.25) is 0 Å². The number of halogens is 1. The zero-order valence-electron chi connectivity index (χ0n) is 12.4. The van der Waals surface area contributed by atoms with Gasteiger partial charge in [0, 0.05) is 11.1 Å². The topological polar surface area (TPSA) is 30.5 Å². The van der Waals surface area contributed by atoms with Crippen molar-refractivity contribution in [1.82, 2.24) is 5.32 Å². The van der Waals surface area contributed by atoms with Gasteiger partial charge in [-0.3, -0.25) is 0 Å². The van der Waals surface area contributed by atoms with E-state index in [1.54, 1.807) is 0 Å². The summed E-state index contributed by atoms with van der Waals surface area (Å²) >= 11 is 6.29. The third kappa shape index (κ3) is 4.57. The Labute approximate surface area is 126 Å². The summed E-state index contributed by atoms with van der Waals surface area (Å²) < 4.78 is 11.1. The number of hydrogen-bond donors (Lipinski definition) is 1. The van der Waals surface area contributed by atoms with E-state index >= 15 is 0 Å². The number of benzene rings is 1. The van der Waals surface area contributed by atoms with Crippen molar-refractivity contribution in [2.75, 3.05) is 26.3 Å². The zero-order valence-corrected chi connectivity index (χ0v) is 13.1. The third-order valence-electron chi connectivity index (χ3n) is 3.31. The molecular weight excluding hydrogens is 274 g/mol. The first-order chi connectivity index (χ1) is 9.66. The zero-order chi connectivity index (χ0) is 14.4. The van der Waals surface area contributed by atoms with Gasteiger partial charge in [0.05, 0.1) is 0 Å². The first-order valence-corrected chi connectivity index (χ1v) is 7.83. The Bertz CT molecular complexity index is 435. The van der Waals surface area contributed by atoms with Crippen molar-refractivity contribution in [3.05, 3.63) is 22.7 Å². The lowest BCUT2D eigenvalue weighted by molar-refractivity contribution is 0.171. The lowest BCUT2D eigenvalue weighted by Gasteiger charge is -2.19. The molecule has 1 N–H and O–H groups in total. The highest BCUT2D eigenvalue weighted by atomic mass is 35.5. The SMILES string of the molecule is CC(C)CNCCCCc1cc2c(cc1Cl)OCCO2. The van der Waals surface area contributed by atoms with Gasteiger partial charge in [0.1, 0.15) is 13.2 Å². The van der Waals surface area contributed by atoms with E-state index in [0.717, 1.165) is 54.4 Å². The van der Waals surface area contributed by atoms with E-state index in [-0.39, 0.29) is 0 Å². The molecular formula is C16H24ClNO2. The van der Waals surface area contributed by atoms with Crippen molar-refractivity contribution >= 4 is 11.6 Å². The number of fused-ring (bicyclic) bond motifs is 1. The normalized spacial score (nSPS) is 13.8. The molecule has 0 saturated heterocycles. The van der Waals surface area contributed by atoms with Crippen LogP contribution >= 0.6 is 11.6 Å². The molecule has 0 amide bonds. The first kappa shape index (κ1) is 15.5. The molecule has 4 heteroatoms. The van der Waals surface area contributed by atoms with Crippen molar-refractivity contribution < 1.29 is 9.47 Å². The highest BCUT2D eigenvalue weighted by Gasteiger charge is 2.14. The summed E-state index contributed by atoms with van der Waals surface area (Å²) in [6.45, 7) is 7.83. The summed E-state index contributed by atoms with van der Waals surface area (Å²) in [6, 6.07) is 3.90. The van der Waals surface area contributed by atoms with Gasteiger partial charge < -0.3 is 14.8 Å². The number of unbranched alkanes of at least 4 members (excludes halogenated alkanes) is 1. The number of hydrogen-bond acceptors (Lipinski definition) is 3. The predicted octanol–water partition coefficient (Wildman–Crippen LogP) is 3.68. The highest BCUT2D eigenvalue weighted by molar-refractivity contribution is 6.31. The molecule has 0 saturated carbocycles. The third-order valence-corrected chi connectivity index (χ3v) is 3.67. The Morgan fingerprint density at radius 3 is 2.55 bits per heavy atom. The van der Waals surface area contributed by atoms with Gasteiger partial charge in [-0.2, -0.15) is 0 Å². The number of ether oxygens (including phenoxy) is 2. The van der Waals surface area contributed by atoms with Crippen LogP contribution in [0.1, 0.15) is 32.3 Å². The molecule has 0 spiro atoms. The lowest BCUT2D eigenvalue weighted by atomic mass is 10.1. The molecule has 112 valence electrons. The minimum Gasteiger partial charge on any atom is -0.486 e. The second kappa shape index (κ2) is 7.75. The van der Waals surface area contributed by atoms with Gasteiger partial charge >= 0.3 is 0 Å². The van der Waals surface area contributed by atoms with Gasteiger partial charge in [0.25, 0.3) is 0 Å².